The van der Waals surface area contributed by atoms with Crippen molar-refractivity contribution in [1.29, 1.82) is 5.26 Å². The first-order valence-corrected chi connectivity index (χ1v) is 6.36. The first-order chi connectivity index (χ1) is 11.0. The number of anilines is 1. The average Bonchev–Trinajstić information content (AvgIpc) is 2.89. The van der Waals surface area contributed by atoms with Crippen LogP contribution in [-0.2, 0) is 4.74 Å². The molecule has 8 nitrogen and oxygen atoms in total. The number of carbonyl (C=O) groups excluding carboxylic acids is 1. The predicted molar refractivity (Wildman–Crippen MR) is 79.7 cm³/mol. The van der Waals surface area contributed by atoms with Crippen LogP contribution in [0, 0.1) is 11.3 Å². The second-order valence-electron chi connectivity index (χ2n) is 4.44. The molecule has 1 aromatic carbocycles. The van der Waals surface area contributed by atoms with Crippen LogP contribution < -0.4 is 10.5 Å². The lowest BCUT2D eigenvalue weighted by molar-refractivity contribution is 0.0590. The van der Waals surface area contributed by atoms with E-state index in [-0.39, 0.29) is 33.9 Å². The van der Waals surface area contributed by atoms with E-state index >= 15 is 0 Å². The zero-order chi connectivity index (χ0) is 17.1. The van der Waals surface area contributed by atoms with Crippen LogP contribution in [0.1, 0.15) is 26.4 Å². The maximum absolute atomic E-state index is 12.0. The van der Waals surface area contributed by atoms with Gasteiger partial charge in [0.15, 0.2) is 5.69 Å². The van der Waals surface area contributed by atoms with Crippen molar-refractivity contribution in [1.82, 2.24) is 4.57 Å². The fraction of sp³-hybridized carbons (Fsp3) is 0.133. The minimum absolute atomic E-state index is 0.0210. The summed E-state index contributed by atoms with van der Waals surface area (Å²) in [6.07, 6.45) is 1.27. The Balaban J connectivity index is 2.90. The summed E-state index contributed by atoms with van der Waals surface area (Å²) in [5, 5.41) is 18.5. The number of hydrogen-bond acceptors (Lipinski definition) is 6. The molecule has 0 aliphatic heterocycles. The molecule has 118 valence electrons. The van der Waals surface area contributed by atoms with Crippen LogP contribution >= 0.6 is 0 Å². The van der Waals surface area contributed by atoms with Gasteiger partial charge in [-0.1, -0.05) is 6.07 Å². The highest BCUT2D eigenvalue weighted by Gasteiger charge is 2.26. The number of para-hydroxylation sites is 1. The maximum Gasteiger partial charge on any atom is 0.357 e. The minimum atomic E-state index is -1.22. The fourth-order valence-electron chi connectivity index (χ4n) is 2.20. The molecule has 8 heteroatoms. The number of carboxylic acids is 1. The molecule has 0 spiro atoms. The number of aromatic carboxylic acids is 1. The van der Waals surface area contributed by atoms with Gasteiger partial charge in [-0.2, -0.15) is 5.26 Å². The Hall–Kier alpha value is -3.47. The fourth-order valence-corrected chi connectivity index (χ4v) is 2.20. The van der Waals surface area contributed by atoms with Crippen LogP contribution in [0.2, 0.25) is 0 Å². The normalized spacial score (nSPS) is 9.96. The topological polar surface area (TPSA) is 128 Å². The van der Waals surface area contributed by atoms with Crippen molar-refractivity contribution in [2.75, 3.05) is 20.0 Å². The summed E-state index contributed by atoms with van der Waals surface area (Å²) in [4.78, 5) is 23.5. The molecule has 0 bridgehead atoms. The van der Waals surface area contributed by atoms with E-state index in [1.807, 2.05) is 6.07 Å². The Morgan fingerprint density at radius 1 is 1.35 bits per heavy atom. The van der Waals surface area contributed by atoms with Gasteiger partial charge in [0.05, 0.1) is 31.0 Å². The monoisotopic (exact) mass is 315 g/mol. The van der Waals surface area contributed by atoms with E-state index in [4.69, 9.17) is 15.7 Å². The molecule has 1 aromatic heterocycles. The largest absolute Gasteiger partial charge is 0.495 e. The number of nitrogens with zero attached hydrogens (tertiary/aromatic N) is 2. The van der Waals surface area contributed by atoms with Crippen LogP contribution in [0.3, 0.4) is 0 Å². The number of nitriles is 1. The van der Waals surface area contributed by atoms with Gasteiger partial charge in [-0.3, -0.25) is 0 Å². The van der Waals surface area contributed by atoms with E-state index < -0.39 is 11.9 Å². The molecule has 0 unspecified atom stereocenters. The van der Waals surface area contributed by atoms with Crippen molar-refractivity contribution in [2.24, 2.45) is 0 Å². The van der Waals surface area contributed by atoms with E-state index in [1.54, 1.807) is 0 Å². The lowest BCUT2D eigenvalue weighted by atomic mass is 10.1. The molecule has 0 saturated heterocycles. The highest BCUT2D eigenvalue weighted by Crippen LogP contribution is 2.32. The molecule has 0 amide bonds. The van der Waals surface area contributed by atoms with E-state index in [1.165, 1.54) is 36.1 Å². The second kappa shape index (κ2) is 6.11. The Morgan fingerprint density at radius 2 is 2.04 bits per heavy atom. The van der Waals surface area contributed by atoms with Gasteiger partial charge in [0, 0.05) is 6.20 Å². The van der Waals surface area contributed by atoms with Crippen LogP contribution in [0.4, 0.5) is 5.69 Å². The maximum atomic E-state index is 12.0. The summed E-state index contributed by atoms with van der Waals surface area (Å²) in [5.41, 5.74) is 5.56. The van der Waals surface area contributed by atoms with Crippen LogP contribution in [0.5, 0.6) is 5.75 Å². The van der Waals surface area contributed by atoms with Crippen molar-refractivity contribution >= 4 is 17.6 Å². The molecule has 0 fully saturated rings. The third-order valence-electron chi connectivity index (χ3n) is 3.23. The van der Waals surface area contributed by atoms with E-state index in [0.717, 1.165) is 7.11 Å². The molecule has 23 heavy (non-hydrogen) atoms. The molecule has 2 rings (SSSR count). The molecule has 0 aliphatic rings. The van der Waals surface area contributed by atoms with Crippen LogP contribution in [0.15, 0.2) is 24.4 Å². The number of nitrogens with two attached hydrogens (primary N) is 1. The quantitative estimate of drug-likeness (QED) is 0.816. The van der Waals surface area contributed by atoms with E-state index in [0.29, 0.717) is 0 Å². The smallest absolute Gasteiger partial charge is 0.357 e. The second-order valence-corrected chi connectivity index (χ2v) is 4.44. The number of esters is 1. The molecule has 1 heterocycles. The average molecular weight is 315 g/mol. The van der Waals surface area contributed by atoms with E-state index in [9.17, 15) is 14.7 Å². The van der Waals surface area contributed by atoms with Crippen molar-refractivity contribution in [3.8, 4) is 17.5 Å². The van der Waals surface area contributed by atoms with Gasteiger partial charge in [0.2, 0.25) is 0 Å². The van der Waals surface area contributed by atoms with Crippen molar-refractivity contribution in [2.45, 2.75) is 0 Å². The first kappa shape index (κ1) is 15.9. The van der Waals surface area contributed by atoms with Crippen molar-refractivity contribution < 1.29 is 24.2 Å². The zero-order valence-corrected chi connectivity index (χ0v) is 12.4. The Kier molecular flexibility index (Phi) is 4.23. The van der Waals surface area contributed by atoms with Crippen molar-refractivity contribution in [3.63, 3.8) is 0 Å². The molecule has 0 radical (unpaired) electrons. The lowest BCUT2D eigenvalue weighted by Gasteiger charge is -2.15. The highest BCUT2D eigenvalue weighted by atomic mass is 16.5. The summed E-state index contributed by atoms with van der Waals surface area (Å²) in [5.74, 6) is -1.82. The molecular weight excluding hydrogens is 302 g/mol. The number of aromatic nitrogens is 1. The molecule has 3 N–H and O–H groups in total. The number of hydrogen-bond donors (Lipinski definition) is 2. The van der Waals surface area contributed by atoms with Crippen LogP contribution in [0.25, 0.3) is 5.69 Å². The number of nitrogen functional groups attached to an aromatic ring is 1. The summed E-state index contributed by atoms with van der Waals surface area (Å²) >= 11 is 0. The SMILES string of the molecule is COC(=O)c1c(N)c(C#N)cn1-c1c(OC)cccc1C(=O)O. The van der Waals surface area contributed by atoms with Gasteiger partial charge >= 0.3 is 11.9 Å². The number of benzene rings is 1. The van der Waals surface area contributed by atoms with Gasteiger partial charge in [-0.05, 0) is 12.1 Å². The van der Waals surface area contributed by atoms with E-state index in [2.05, 4.69) is 4.74 Å². The Labute approximate surface area is 131 Å². The van der Waals surface area contributed by atoms with Gasteiger partial charge in [-0.25, -0.2) is 9.59 Å². The van der Waals surface area contributed by atoms with Gasteiger partial charge in [0.1, 0.15) is 17.5 Å². The number of methoxy groups -OCH3 is 2. The highest BCUT2D eigenvalue weighted by molar-refractivity contribution is 5.98. The van der Waals surface area contributed by atoms with Gasteiger partial charge in [-0.15, -0.1) is 0 Å². The summed E-state index contributed by atoms with van der Waals surface area (Å²) in [6, 6.07) is 6.23. The summed E-state index contributed by atoms with van der Waals surface area (Å²) < 4.78 is 11.1. The zero-order valence-electron chi connectivity index (χ0n) is 12.4. The molecular formula is C15H13N3O5. The Morgan fingerprint density at radius 3 is 2.57 bits per heavy atom. The molecule has 0 saturated carbocycles. The third-order valence-corrected chi connectivity index (χ3v) is 3.23. The third kappa shape index (κ3) is 2.55. The minimum Gasteiger partial charge on any atom is -0.495 e. The summed E-state index contributed by atoms with van der Waals surface area (Å²) in [7, 11) is 2.52. The number of ether oxygens (including phenoxy) is 2. The number of carbonyl (C=O) groups is 2. The lowest BCUT2D eigenvalue weighted by Crippen LogP contribution is -2.14. The van der Waals surface area contributed by atoms with Gasteiger partial charge < -0.3 is 24.9 Å². The Bertz CT molecular complexity index is 832. The molecule has 0 aliphatic carbocycles. The van der Waals surface area contributed by atoms with Crippen LogP contribution in [-0.4, -0.2) is 35.8 Å². The standard InChI is InChI=1S/C15H13N3O5/c1-22-10-5-3-4-9(14(19)20)12(10)18-7-8(6-16)11(17)13(18)15(21)23-2/h3-5,7H,17H2,1-2H3,(H,19,20). The molecule has 2 aromatic rings. The van der Waals surface area contributed by atoms with Crippen molar-refractivity contribution in [3.05, 3.63) is 41.2 Å². The number of rotatable bonds is 4. The summed E-state index contributed by atoms with van der Waals surface area (Å²) in [6.45, 7) is 0. The first-order valence-electron chi connectivity index (χ1n) is 6.36. The van der Waals surface area contributed by atoms with Gasteiger partial charge in [0.25, 0.3) is 0 Å². The molecule has 0 atom stereocenters. The predicted octanol–water partition coefficient (Wildman–Crippen LogP) is 1.42. The number of carboxylic acid groups (broad SMARTS) is 1.